The van der Waals surface area contributed by atoms with Gasteiger partial charge in [0.15, 0.2) is 5.78 Å². The van der Waals surface area contributed by atoms with Crippen molar-refractivity contribution >= 4 is 45.3 Å². The second-order valence-electron chi connectivity index (χ2n) is 7.59. The average molecular weight is 435 g/mol. The van der Waals surface area contributed by atoms with Gasteiger partial charge in [0.25, 0.3) is 0 Å². The highest BCUT2D eigenvalue weighted by atomic mass is 35.5. The van der Waals surface area contributed by atoms with Crippen molar-refractivity contribution in [1.82, 2.24) is 9.97 Å². The molecule has 0 N–H and O–H groups in total. The molecule has 2 aromatic heterocycles. The standard InChI is InChI=1S/C28H19ClN2O/c1-18-27(26(32)14-11-19-15-16-30-24-10-6-5-9-22(19)24)28(20-7-3-2-4-8-20)23-17-21(29)12-13-25(23)31-18/h2-17H,1H3. The maximum absolute atomic E-state index is 13.5. The van der Waals surface area contributed by atoms with E-state index >= 15 is 0 Å². The molecule has 0 bridgehead atoms. The number of ketones is 1. The van der Waals surface area contributed by atoms with Gasteiger partial charge in [0, 0.05) is 33.2 Å². The molecule has 0 amide bonds. The summed E-state index contributed by atoms with van der Waals surface area (Å²) in [5, 5.41) is 2.47. The lowest BCUT2D eigenvalue weighted by Crippen LogP contribution is -2.05. The van der Waals surface area contributed by atoms with Gasteiger partial charge in [0.2, 0.25) is 0 Å². The van der Waals surface area contributed by atoms with Crippen molar-refractivity contribution in [2.75, 3.05) is 0 Å². The molecule has 0 saturated carbocycles. The van der Waals surface area contributed by atoms with Crippen molar-refractivity contribution in [2.24, 2.45) is 0 Å². The normalized spacial score (nSPS) is 11.4. The average Bonchev–Trinajstić information content (AvgIpc) is 2.82. The SMILES string of the molecule is Cc1nc2ccc(Cl)cc2c(-c2ccccc2)c1C(=O)C=Cc1ccnc2ccccc12. The fraction of sp³-hybridized carbons (Fsp3) is 0.0357. The second-order valence-corrected chi connectivity index (χ2v) is 8.03. The molecule has 0 fully saturated rings. The molecule has 2 heterocycles. The van der Waals surface area contributed by atoms with Gasteiger partial charge in [0.05, 0.1) is 16.6 Å². The molecular weight excluding hydrogens is 416 g/mol. The molecule has 0 atom stereocenters. The highest BCUT2D eigenvalue weighted by molar-refractivity contribution is 6.31. The first-order chi connectivity index (χ1) is 15.6. The number of carbonyl (C=O) groups is 1. The van der Waals surface area contributed by atoms with Crippen molar-refractivity contribution in [1.29, 1.82) is 0 Å². The molecule has 3 aromatic carbocycles. The number of nitrogens with zero attached hydrogens (tertiary/aromatic N) is 2. The highest BCUT2D eigenvalue weighted by Crippen LogP contribution is 2.35. The minimum absolute atomic E-state index is 0.100. The molecule has 5 rings (SSSR count). The Hall–Kier alpha value is -3.82. The Bertz CT molecular complexity index is 1500. The second kappa shape index (κ2) is 8.37. The molecule has 0 aliphatic rings. The molecule has 0 radical (unpaired) electrons. The smallest absolute Gasteiger partial charge is 0.188 e. The van der Waals surface area contributed by atoms with Crippen LogP contribution >= 0.6 is 11.6 Å². The van der Waals surface area contributed by atoms with Gasteiger partial charge >= 0.3 is 0 Å². The summed E-state index contributed by atoms with van der Waals surface area (Å²) in [6.45, 7) is 1.88. The number of para-hydroxylation sites is 1. The third-order valence-corrected chi connectivity index (χ3v) is 5.77. The predicted octanol–water partition coefficient (Wildman–Crippen LogP) is 7.31. The van der Waals surface area contributed by atoms with Crippen LogP contribution in [0.15, 0.2) is 91.1 Å². The molecule has 32 heavy (non-hydrogen) atoms. The molecule has 0 aliphatic carbocycles. The minimum Gasteiger partial charge on any atom is -0.289 e. The van der Waals surface area contributed by atoms with Crippen molar-refractivity contribution in [3.63, 3.8) is 0 Å². The van der Waals surface area contributed by atoms with E-state index in [0.717, 1.165) is 38.5 Å². The number of rotatable bonds is 4. The molecule has 4 heteroatoms. The third-order valence-electron chi connectivity index (χ3n) is 5.53. The van der Waals surface area contributed by atoms with E-state index in [2.05, 4.69) is 4.98 Å². The number of aryl methyl sites for hydroxylation is 1. The van der Waals surface area contributed by atoms with E-state index in [4.69, 9.17) is 16.6 Å². The maximum Gasteiger partial charge on any atom is 0.188 e. The fourth-order valence-corrected chi connectivity index (χ4v) is 4.25. The van der Waals surface area contributed by atoms with E-state index in [-0.39, 0.29) is 5.78 Å². The van der Waals surface area contributed by atoms with Crippen LogP contribution in [-0.2, 0) is 0 Å². The Morgan fingerprint density at radius 2 is 1.66 bits per heavy atom. The van der Waals surface area contributed by atoms with E-state index in [1.54, 1.807) is 12.3 Å². The maximum atomic E-state index is 13.5. The Kier molecular flexibility index (Phi) is 5.26. The Morgan fingerprint density at radius 1 is 0.875 bits per heavy atom. The molecule has 0 aliphatic heterocycles. The van der Waals surface area contributed by atoms with E-state index in [0.29, 0.717) is 16.3 Å². The van der Waals surface area contributed by atoms with Gasteiger partial charge in [-0.15, -0.1) is 0 Å². The van der Waals surface area contributed by atoms with E-state index in [9.17, 15) is 4.79 Å². The first kappa shape index (κ1) is 20.1. The number of allylic oxidation sites excluding steroid dienone is 1. The summed E-state index contributed by atoms with van der Waals surface area (Å²) in [5.74, 6) is -0.100. The number of halogens is 1. The van der Waals surface area contributed by atoms with Crippen LogP contribution in [0.4, 0.5) is 0 Å². The summed E-state index contributed by atoms with van der Waals surface area (Å²) < 4.78 is 0. The van der Waals surface area contributed by atoms with Crippen molar-refractivity contribution in [2.45, 2.75) is 6.92 Å². The van der Waals surface area contributed by atoms with Gasteiger partial charge in [0.1, 0.15) is 0 Å². The summed E-state index contributed by atoms with van der Waals surface area (Å²) in [6, 6.07) is 25.3. The number of pyridine rings is 2. The summed E-state index contributed by atoms with van der Waals surface area (Å²) in [6.07, 6.45) is 5.23. The van der Waals surface area contributed by atoms with Gasteiger partial charge in [-0.3, -0.25) is 14.8 Å². The van der Waals surface area contributed by atoms with Gasteiger partial charge < -0.3 is 0 Å². The molecule has 0 spiro atoms. The van der Waals surface area contributed by atoms with Crippen LogP contribution in [0.25, 0.3) is 39.0 Å². The van der Waals surface area contributed by atoms with Crippen LogP contribution in [0.3, 0.4) is 0 Å². The van der Waals surface area contributed by atoms with Gasteiger partial charge in [-0.2, -0.15) is 0 Å². The number of aromatic nitrogens is 2. The third kappa shape index (κ3) is 3.68. The fourth-order valence-electron chi connectivity index (χ4n) is 4.08. The summed E-state index contributed by atoms with van der Waals surface area (Å²) >= 11 is 6.31. The monoisotopic (exact) mass is 434 g/mol. The molecule has 3 nitrogen and oxygen atoms in total. The zero-order chi connectivity index (χ0) is 22.1. The molecule has 0 unspecified atom stereocenters. The van der Waals surface area contributed by atoms with E-state index in [1.165, 1.54) is 0 Å². The van der Waals surface area contributed by atoms with Gasteiger partial charge in [-0.25, -0.2) is 0 Å². The van der Waals surface area contributed by atoms with Crippen molar-refractivity contribution in [3.05, 3.63) is 113 Å². The number of fused-ring (bicyclic) bond motifs is 2. The molecule has 154 valence electrons. The number of hydrogen-bond donors (Lipinski definition) is 0. The first-order valence-electron chi connectivity index (χ1n) is 10.3. The van der Waals surface area contributed by atoms with Crippen LogP contribution in [-0.4, -0.2) is 15.8 Å². The van der Waals surface area contributed by atoms with Crippen LogP contribution in [0, 0.1) is 6.92 Å². The molecular formula is C28H19ClN2O. The predicted molar refractivity (Wildman–Crippen MR) is 132 cm³/mol. The summed E-state index contributed by atoms with van der Waals surface area (Å²) in [7, 11) is 0. The number of benzene rings is 3. The largest absolute Gasteiger partial charge is 0.289 e. The number of hydrogen-bond acceptors (Lipinski definition) is 3. The van der Waals surface area contributed by atoms with E-state index < -0.39 is 0 Å². The number of carbonyl (C=O) groups excluding carboxylic acids is 1. The van der Waals surface area contributed by atoms with Crippen molar-refractivity contribution < 1.29 is 4.79 Å². The minimum atomic E-state index is -0.100. The highest BCUT2D eigenvalue weighted by Gasteiger charge is 2.19. The molecule has 0 saturated heterocycles. The van der Waals surface area contributed by atoms with Gasteiger partial charge in [-0.05, 0) is 54.5 Å². The quantitative estimate of drug-likeness (QED) is 0.220. The summed E-state index contributed by atoms with van der Waals surface area (Å²) in [4.78, 5) is 22.6. The van der Waals surface area contributed by atoms with Gasteiger partial charge in [-0.1, -0.05) is 66.2 Å². The van der Waals surface area contributed by atoms with Crippen molar-refractivity contribution in [3.8, 4) is 11.1 Å². The Labute approximate surface area is 191 Å². The zero-order valence-electron chi connectivity index (χ0n) is 17.4. The topological polar surface area (TPSA) is 42.9 Å². The van der Waals surface area contributed by atoms with E-state index in [1.807, 2.05) is 91.9 Å². The lowest BCUT2D eigenvalue weighted by Gasteiger charge is -2.14. The van der Waals surface area contributed by atoms with Crippen LogP contribution in [0.1, 0.15) is 21.6 Å². The zero-order valence-corrected chi connectivity index (χ0v) is 18.2. The first-order valence-corrected chi connectivity index (χ1v) is 10.7. The lowest BCUT2D eigenvalue weighted by atomic mass is 9.92. The summed E-state index contributed by atoms with van der Waals surface area (Å²) in [5.41, 5.74) is 5.73. The Balaban J connectivity index is 1.69. The van der Waals surface area contributed by atoms with Crippen LogP contribution in [0.5, 0.6) is 0 Å². The Morgan fingerprint density at radius 3 is 2.50 bits per heavy atom. The lowest BCUT2D eigenvalue weighted by molar-refractivity contribution is 0.104. The van der Waals surface area contributed by atoms with Crippen LogP contribution in [0.2, 0.25) is 5.02 Å². The molecule has 5 aromatic rings. The van der Waals surface area contributed by atoms with Crippen LogP contribution < -0.4 is 0 Å².